The van der Waals surface area contributed by atoms with E-state index in [0.717, 1.165) is 5.56 Å². The molecule has 4 N–H and O–H groups in total. The highest BCUT2D eigenvalue weighted by molar-refractivity contribution is 5.87. The van der Waals surface area contributed by atoms with E-state index in [0.29, 0.717) is 13.1 Å². The number of carboxylic acid groups (broad SMARTS) is 1. The summed E-state index contributed by atoms with van der Waals surface area (Å²) in [4.78, 5) is 21.9. The van der Waals surface area contributed by atoms with Crippen LogP contribution in [0.25, 0.3) is 0 Å². The van der Waals surface area contributed by atoms with Gasteiger partial charge < -0.3 is 16.2 Å². The maximum absolute atomic E-state index is 11.1. The number of primary amides is 1. The van der Waals surface area contributed by atoms with Gasteiger partial charge in [0.25, 0.3) is 0 Å². The van der Waals surface area contributed by atoms with E-state index in [9.17, 15) is 9.59 Å². The minimum Gasteiger partial charge on any atom is -0.478 e. The zero-order valence-corrected chi connectivity index (χ0v) is 10.6. The zero-order chi connectivity index (χ0) is 13.8. The second-order valence-corrected chi connectivity index (χ2v) is 4.86. The molecule has 0 aliphatic rings. The van der Waals surface area contributed by atoms with Crippen LogP contribution in [-0.4, -0.2) is 23.5 Å². The van der Waals surface area contributed by atoms with Gasteiger partial charge in [-0.1, -0.05) is 12.1 Å². The first-order valence-electron chi connectivity index (χ1n) is 5.66. The lowest BCUT2D eigenvalue weighted by Crippen LogP contribution is -2.40. The summed E-state index contributed by atoms with van der Waals surface area (Å²) < 4.78 is 0. The highest BCUT2D eigenvalue weighted by Crippen LogP contribution is 2.12. The molecule has 1 aromatic carbocycles. The minimum atomic E-state index is -0.950. The van der Waals surface area contributed by atoms with Gasteiger partial charge in [0.15, 0.2) is 0 Å². The summed E-state index contributed by atoms with van der Waals surface area (Å²) in [5.74, 6) is -1.32. The summed E-state index contributed by atoms with van der Waals surface area (Å²) in [6.45, 7) is 4.46. The van der Waals surface area contributed by atoms with Crippen LogP contribution in [0.3, 0.4) is 0 Å². The molecule has 18 heavy (non-hydrogen) atoms. The van der Waals surface area contributed by atoms with Crippen LogP contribution < -0.4 is 11.1 Å². The second kappa shape index (κ2) is 5.64. The van der Waals surface area contributed by atoms with E-state index < -0.39 is 11.4 Å². The Labute approximate surface area is 106 Å². The fraction of sp³-hybridized carbons (Fsp3) is 0.385. The Hall–Kier alpha value is -1.88. The summed E-state index contributed by atoms with van der Waals surface area (Å²) in [7, 11) is 0. The van der Waals surface area contributed by atoms with Gasteiger partial charge in [0, 0.05) is 13.1 Å². The molecular weight excluding hydrogens is 232 g/mol. The van der Waals surface area contributed by atoms with Crippen molar-refractivity contribution in [3.05, 3.63) is 35.4 Å². The first-order valence-corrected chi connectivity index (χ1v) is 5.66. The molecule has 0 aliphatic heterocycles. The Morgan fingerprint density at radius 2 is 2.06 bits per heavy atom. The topological polar surface area (TPSA) is 92.4 Å². The first-order chi connectivity index (χ1) is 8.33. The summed E-state index contributed by atoms with van der Waals surface area (Å²) in [5, 5.41) is 12.0. The van der Waals surface area contributed by atoms with Crippen LogP contribution in [0.15, 0.2) is 24.3 Å². The van der Waals surface area contributed by atoms with E-state index in [1.54, 1.807) is 32.0 Å². The molecule has 0 spiro atoms. The van der Waals surface area contributed by atoms with Crippen LogP contribution in [0.2, 0.25) is 0 Å². The number of carbonyl (C=O) groups is 2. The number of rotatable bonds is 6. The predicted octanol–water partition coefficient (Wildman–Crippen LogP) is 0.986. The van der Waals surface area contributed by atoms with Gasteiger partial charge in [-0.05, 0) is 31.5 Å². The number of nitrogens with two attached hydrogens (primary N) is 1. The van der Waals surface area contributed by atoms with Crippen LogP contribution in [-0.2, 0) is 11.3 Å². The van der Waals surface area contributed by atoms with Gasteiger partial charge in [-0.2, -0.15) is 0 Å². The van der Waals surface area contributed by atoms with Crippen molar-refractivity contribution in [1.82, 2.24) is 5.32 Å². The Morgan fingerprint density at radius 1 is 1.39 bits per heavy atom. The second-order valence-electron chi connectivity index (χ2n) is 4.86. The Balaban J connectivity index is 2.57. The quantitative estimate of drug-likeness (QED) is 0.702. The van der Waals surface area contributed by atoms with E-state index in [1.807, 2.05) is 6.07 Å². The van der Waals surface area contributed by atoms with Crippen LogP contribution in [0.1, 0.15) is 29.8 Å². The lowest BCUT2D eigenvalue weighted by atomic mass is 9.93. The molecule has 0 bridgehead atoms. The predicted molar refractivity (Wildman–Crippen MR) is 68.1 cm³/mol. The third-order valence-electron chi connectivity index (χ3n) is 2.74. The number of hydrogen-bond donors (Lipinski definition) is 3. The number of benzene rings is 1. The normalized spacial score (nSPS) is 11.2. The largest absolute Gasteiger partial charge is 0.478 e. The van der Waals surface area contributed by atoms with Gasteiger partial charge >= 0.3 is 5.97 Å². The first kappa shape index (κ1) is 14.2. The van der Waals surface area contributed by atoms with E-state index in [1.165, 1.54) is 0 Å². The lowest BCUT2D eigenvalue weighted by Gasteiger charge is -2.20. The van der Waals surface area contributed by atoms with Crippen molar-refractivity contribution in [2.24, 2.45) is 11.1 Å². The van der Waals surface area contributed by atoms with E-state index in [2.05, 4.69) is 5.32 Å². The standard InChI is InChI=1S/C13H18N2O3/c1-13(2,12(14)18)8-15-7-9-4-3-5-10(6-9)11(16)17/h3-6,15H,7-8H2,1-2H3,(H2,14,18)(H,16,17). The molecule has 5 nitrogen and oxygen atoms in total. The molecule has 5 heteroatoms. The van der Waals surface area contributed by atoms with Gasteiger partial charge in [-0.3, -0.25) is 4.79 Å². The fourth-order valence-electron chi connectivity index (χ4n) is 1.42. The van der Waals surface area contributed by atoms with Crippen molar-refractivity contribution < 1.29 is 14.7 Å². The molecular formula is C13H18N2O3. The van der Waals surface area contributed by atoms with Crippen molar-refractivity contribution in [1.29, 1.82) is 0 Å². The third-order valence-corrected chi connectivity index (χ3v) is 2.74. The van der Waals surface area contributed by atoms with Gasteiger partial charge in [-0.25, -0.2) is 4.79 Å². The highest BCUT2D eigenvalue weighted by atomic mass is 16.4. The van der Waals surface area contributed by atoms with Gasteiger partial charge in [0.1, 0.15) is 0 Å². The molecule has 0 saturated heterocycles. The van der Waals surface area contributed by atoms with E-state index >= 15 is 0 Å². The maximum Gasteiger partial charge on any atom is 0.335 e. The van der Waals surface area contributed by atoms with Crippen molar-refractivity contribution in [2.75, 3.05) is 6.54 Å². The molecule has 0 radical (unpaired) electrons. The van der Waals surface area contributed by atoms with E-state index in [-0.39, 0.29) is 11.5 Å². The fourth-order valence-corrected chi connectivity index (χ4v) is 1.42. The number of carbonyl (C=O) groups excluding carboxylic acids is 1. The van der Waals surface area contributed by atoms with Gasteiger partial charge in [0.05, 0.1) is 11.0 Å². The summed E-state index contributed by atoms with van der Waals surface area (Å²) >= 11 is 0. The van der Waals surface area contributed by atoms with Crippen molar-refractivity contribution >= 4 is 11.9 Å². The van der Waals surface area contributed by atoms with Gasteiger partial charge in [-0.15, -0.1) is 0 Å². The number of carboxylic acids is 1. The lowest BCUT2D eigenvalue weighted by molar-refractivity contribution is -0.125. The van der Waals surface area contributed by atoms with Crippen LogP contribution in [0, 0.1) is 5.41 Å². The highest BCUT2D eigenvalue weighted by Gasteiger charge is 2.23. The minimum absolute atomic E-state index is 0.253. The molecule has 1 rings (SSSR count). The van der Waals surface area contributed by atoms with E-state index in [4.69, 9.17) is 10.8 Å². The van der Waals surface area contributed by atoms with Crippen LogP contribution in [0.5, 0.6) is 0 Å². The molecule has 0 heterocycles. The summed E-state index contributed by atoms with van der Waals surface area (Å²) in [6.07, 6.45) is 0. The number of amides is 1. The van der Waals surface area contributed by atoms with Crippen LogP contribution >= 0.6 is 0 Å². The molecule has 1 amide bonds. The number of aromatic carboxylic acids is 1. The Morgan fingerprint density at radius 3 is 2.61 bits per heavy atom. The summed E-state index contributed by atoms with van der Waals surface area (Å²) in [5.41, 5.74) is 5.75. The smallest absolute Gasteiger partial charge is 0.335 e. The monoisotopic (exact) mass is 250 g/mol. The molecule has 98 valence electrons. The molecule has 0 aliphatic carbocycles. The molecule has 0 unspecified atom stereocenters. The SMILES string of the molecule is CC(C)(CNCc1cccc(C(=O)O)c1)C(N)=O. The summed E-state index contributed by atoms with van der Waals surface area (Å²) in [6, 6.07) is 6.67. The molecule has 0 aromatic heterocycles. The van der Waals surface area contributed by atoms with Gasteiger partial charge in [0.2, 0.25) is 5.91 Å². The maximum atomic E-state index is 11.1. The van der Waals surface area contributed by atoms with Crippen molar-refractivity contribution in [3.63, 3.8) is 0 Å². The average Bonchev–Trinajstić information content (AvgIpc) is 2.29. The Kier molecular flexibility index (Phi) is 4.44. The van der Waals surface area contributed by atoms with Crippen molar-refractivity contribution in [3.8, 4) is 0 Å². The average molecular weight is 250 g/mol. The number of nitrogens with one attached hydrogen (secondary N) is 1. The Bertz CT molecular complexity index is 455. The zero-order valence-electron chi connectivity index (χ0n) is 10.6. The van der Waals surface area contributed by atoms with Crippen molar-refractivity contribution in [2.45, 2.75) is 20.4 Å². The third kappa shape index (κ3) is 3.85. The molecule has 0 atom stereocenters. The number of hydrogen-bond acceptors (Lipinski definition) is 3. The molecule has 0 saturated carbocycles. The molecule has 0 fully saturated rings. The molecule has 1 aromatic rings. The van der Waals surface area contributed by atoms with Crippen LogP contribution in [0.4, 0.5) is 0 Å².